The van der Waals surface area contributed by atoms with Gasteiger partial charge in [0.1, 0.15) is 0 Å². The third-order valence-electron chi connectivity index (χ3n) is 1.48. The van der Waals surface area contributed by atoms with E-state index in [1.165, 1.54) is 0 Å². The van der Waals surface area contributed by atoms with Gasteiger partial charge in [-0.15, -0.1) is 0 Å². The second-order valence-corrected chi connectivity index (χ2v) is 3.49. The van der Waals surface area contributed by atoms with Crippen LogP contribution in [0, 0.1) is 0 Å². The lowest BCUT2D eigenvalue weighted by Gasteiger charge is -2.01. The Kier molecular flexibility index (Phi) is 3.08. The number of benzene rings is 1. The highest BCUT2D eigenvalue weighted by Gasteiger charge is 2.08. The zero-order chi connectivity index (χ0) is 10.7. The van der Waals surface area contributed by atoms with Crippen molar-refractivity contribution >= 4 is 33.5 Å². The van der Waals surface area contributed by atoms with E-state index >= 15 is 0 Å². The van der Waals surface area contributed by atoms with Crippen LogP contribution in [0.1, 0.15) is 10.4 Å². The summed E-state index contributed by atoms with van der Waals surface area (Å²) in [6, 6.07) is 4.88. The average molecular weight is 257 g/mol. The Morgan fingerprint density at radius 3 is 2.57 bits per heavy atom. The maximum atomic E-state index is 11.4. The maximum Gasteiger partial charge on any atom is 0.282 e. The molecular formula is C8H9BrN4O. The number of carbonyl (C=O) groups is 1. The van der Waals surface area contributed by atoms with Gasteiger partial charge < -0.3 is 17.2 Å². The zero-order valence-corrected chi connectivity index (χ0v) is 8.78. The normalized spacial score (nSPS) is 9.50. The number of anilines is 1. The monoisotopic (exact) mass is 256 g/mol. The number of halogens is 1. The minimum absolute atomic E-state index is 0.271. The van der Waals surface area contributed by atoms with Gasteiger partial charge in [-0.25, -0.2) is 0 Å². The number of rotatable bonds is 1. The van der Waals surface area contributed by atoms with Crippen LogP contribution >= 0.6 is 15.9 Å². The molecule has 0 heterocycles. The van der Waals surface area contributed by atoms with E-state index in [9.17, 15) is 4.79 Å². The first-order valence-corrected chi connectivity index (χ1v) is 4.49. The molecule has 1 aromatic carbocycles. The van der Waals surface area contributed by atoms with Crippen LogP contribution in [0.25, 0.3) is 0 Å². The average Bonchev–Trinajstić information content (AvgIpc) is 2.08. The number of hydrogen-bond acceptors (Lipinski definition) is 2. The van der Waals surface area contributed by atoms with Crippen molar-refractivity contribution in [2.24, 2.45) is 16.5 Å². The van der Waals surface area contributed by atoms with Crippen LogP contribution in [0.3, 0.4) is 0 Å². The standard InChI is InChI=1S/C8H9BrN4O/c9-4-1-2-6(10)5(3-4)7(14)13-8(11)12/h1-3H,10H2,(H4,11,12,13,14). The molecule has 0 unspecified atom stereocenters. The molecule has 0 radical (unpaired) electrons. The largest absolute Gasteiger partial charge is 0.398 e. The molecule has 1 aromatic rings. The van der Waals surface area contributed by atoms with E-state index in [0.717, 1.165) is 4.47 Å². The first-order valence-electron chi connectivity index (χ1n) is 3.69. The molecule has 1 amide bonds. The van der Waals surface area contributed by atoms with E-state index in [1.807, 2.05) is 0 Å². The quantitative estimate of drug-likeness (QED) is 0.385. The van der Waals surface area contributed by atoms with Gasteiger partial charge in [-0.1, -0.05) is 15.9 Å². The van der Waals surface area contributed by atoms with Gasteiger partial charge in [0.2, 0.25) is 0 Å². The Bertz CT molecular complexity index is 398. The lowest BCUT2D eigenvalue weighted by atomic mass is 10.2. The maximum absolute atomic E-state index is 11.4. The first kappa shape index (κ1) is 10.5. The third-order valence-corrected chi connectivity index (χ3v) is 1.97. The number of guanidine groups is 1. The van der Waals surface area contributed by atoms with Gasteiger partial charge in [-0.2, -0.15) is 4.99 Å². The van der Waals surface area contributed by atoms with Crippen LogP contribution in [0.4, 0.5) is 5.69 Å². The molecule has 0 bridgehead atoms. The SMILES string of the molecule is NC(N)=NC(=O)c1cc(Br)ccc1N. The Hall–Kier alpha value is -1.56. The van der Waals surface area contributed by atoms with Crippen molar-refractivity contribution in [3.8, 4) is 0 Å². The molecular weight excluding hydrogens is 248 g/mol. The summed E-state index contributed by atoms with van der Waals surface area (Å²) in [6.45, 7) is 0. The highest BCUT2D eigenvalue weighted by Crippen LogP contribution is 2.18. The van der Waals surface area contributed by atoms with Crippen molar-refractivity contribution in [2.75, 3.05) is 5.73 Å². The number of nitrogens with two attached hydrogens (primary N) is 3. The number of aliphatic imine (C=N–C) groups is 1. The fourth-order valence-electron chi connectivity index (χ4n) is 0.891. The molecule has 74 valence electrons. The van der Waals surface area contributed by atoms with E-state index in [0.29, 0.717) is 5.69 Å². The van der Waals surface area contributed by atoms with Gasteiger partial charge in [-0.3, -0.25) is 4.79 Å². The van der Waals surface area contributed by atoms with E-state index in [2.05, 4.69) is 20.9 Å². The Morgan fingerprint density at radius 2 is 2.00 bits per heavy atom. The van der Waals surface area contributed by atoms with Crippen LogP contribution in [0.2, 0.25) is 0 Å². The summed E-state index contributed by atoms with van der Waals surface area (Å²) in [6.07, 6.45) is 0. The van der Waals surface area contributed by atoms with E-state index in [1.54, 1.807) is 18.2 Å². The molecule has 0 atom stereocenters. The Morgan fingerprint density at radius 1 is 1.36 bits per heavy atom. The molecule has 0 aliphatic rings. The summed E-state index contributed by atoms with van der Waals surface area (Å²) in [7, 11) is 0. The highest BCUT2D eigenvalue weighted by atomic mass is 79.9. The third kappa shape index (κ3) is 2.46. The van der Waals surface area contributed by atoms with Crippen LogP contribution in [0.15, 0.2) is 27.7 Å². The summed E-state index contributed by atoms with van der Waals surface area (Å²) in [4.78, 5) is 14.8. The zero-order valence-electron chi connectivity index (χ0n) is 7.20. The van der Waals surface area contributed by atoms with Crippen molar-refractivity contribution < 1.29 is 4.79 Å². The number of hydrogen-bond donors (Lipinski definition) is 3. The summed E-state index contributed by atoms with van der Waals surface area (Å²) in [5.74, 6) is -0.835. The van der Waals surface area contributed by atoms with Crippen LogP contribution in [0.5, 0.6) is 0 Å². The summed E-state index contributed by atoms with van der Waals surface area (Å²) < 4.78 is 0.737. The molecule has 0 aliphatic heterocycles. The van der Waals surface area contributed by atoms with Gasteiger partial charge in [0.25, 0.3) is 5.91 Å². The molecule has 0 fully saturated rings. The molecule has 6 N–H and O–H groups in total. The fourth-order valence-corrected chi connectivity index (χ4v) is 1.25. The molecule has 0 aromatic heterocycles. The number of carbonyl (C=O) groups excluding carboxylic acids is 1. The van der Waals surface area contributed by atoms with E-state index < -0.39 is 5.91 Å². The van der Waals surface area contributed by atoms with Gasteiger partial charge in [0.05, 0.1) is 5.56 Å². The topological polar surface area (TPSA) is 107 Å². The summed E-state index contributed by atoms with van der Waals surface area (Å²) in [5, 5.41) is 0. The minimum atomic E-state index is -0.552. The van der Waals surface area contributed by atoms with Crippen molar-refractivity contribution in [3.63, 3.8) is 0 Å². The molecule has 0 aliphatic carbocycles. The van der Waals surface area contributed by atoms with Crippen LogP contribution in [-0.2, 0) is 0 Å². The molecule has 5 nitrogen and oxygen atoms in total. The van der Waals surface area contributed by atoms with Gasteiger partial charge >= 0.3 is 0 Å². The molecule has 0 spiro atoms. The molecule has 1 rings (SSSR count). The molecule has 0 saturated carbocycles. The first-order chi connectivity index (χ1) is 6.50. The lowest BCUT2D eigenvalue weighted by molar-refractivity contribution is 0.100. The Balaban J connectivity index is 3.12. The van der Waals surface area contributed by atoms with E-state index in [4.69, 9.17) is 17.2 Å². The fraction of sp³-hybridized carbons (Fsp3) is 0. The number of nitrogen functional groups attached to an aromatic ring is 1. The van der Waals surface area contributed by atoms with Crippen LogP contribution in [-0.4, -0.2) is 11.9 Å². The highest BCUT2D eigenvalue weighted by molar-refractivity contribution is 9.10. The Labute approximate surface area is 89.1 Å². The van der Waals surface area contributed by atoms with Crippen molar-refractivity contribution in [1.82, 2.24) is 0 Å². The molecule has 0 saturated heterocycles. The molecule has 6 heteroatoms. The number of nitrogens with zero attached hydrogens (tertiary/aromatic N) is 1. The number of amides is 1. The van der Waals surface area contributed by atoms with Gasteiger partial charge in [-0.05, 0) is 18.2 Å². The van der Waals surface area contributed by atoms with Gasteiger partial charge in [0.15, 0.2) is 5.96 Å². The van der Waals surface area contributed by atoms with Crippen LogP contribution < -0.4 is 17.2 Å². The second kappa shape index (κ2) is 4.10. The molecule has 14 heavy (non-hydrogen) atoms. The predicted molar refractivity (Wildman–Crippen MR) is 58.7 cm³/mol. The van der Waals surface area contributed by atoms with Crippen molar-refractivity contribution in [1.29, 1.82) is 0 Å². The summed E-state index contributed by atoms with van der Waals surface area (Å²) in [5.41, 5.74) is 16.3. The lowest BCUT2D eigenvalue weighted by Crippen LogP contribution is -2.24. The van der Waals surface area contributed by atoms with E-state index in [-0.39, 0.29) is 11.5 Å². The second-order valence-electron chi connectivity index (χ2n) is 2.57. The predicted octanol–water partition coefficient (Wildman–Crippen LogP) is 0.445. The van der Waals surface area contributed by atoms with Crippen molar-refractivity contribution in [3.05, 3.63) is 28.2 Å². The van der Waals surface area contributed by atoms with Crippen molar-refractivity contribution in [2.45, 2.75) is 0 Å². The minimum Gasteiger partial charge on any atom is -0.398 e. The van der Waals surface area contributed by atoms with Gasteiger partial charge in [0, 0.05) is 10.2 Å². The smallest absolute Gasteiger partial charge is 0.282 e. The summed E-state index contributed by atoms with van der Waals surface area (Å²) >= 11 is 3.21.